The van der Waals surface area contributed by atoms with Crippen LogP contribution in [0, 0.1) is 0 Å². The van der Waals surface area contributed by atoms with Crippen LogP contribution in [-0.4, -0.2) is 46.8 Å². The van der Waals surface area contributed by atoms with Gasteiger partial charge in [0.25, 0.3) is 0 Å². The van der Waals surface area contributed by atoms with E-state index in [1.807, 2.05) is 0 Å². The molecule has 0 atom stereocenters. The van der Waals surface area contributed by atoms with Crippen molar-refractivity contribution in [2.75, 3.05) is 20.1 Å². The van der Waals surface area contributed by atoms with Gasteiger partial charge >= 0.3 is 73.1 Å². The molecule has 1 nitrogen and oxygen atoms in total. The van der Waals surface area contributed by atoms with Crippen LogP contribution in [0.2, 0.25) is 0 Å². The maximum absolute atomic E-state index is 9.75. The van der Waals surface area contributed by atoms with Crippen LogP contribution >= 0.6 is 0 Å². The van der Waals surface area contributed by atoms with E-state index in [0.29, 0.717) is 0 Å². The maximum atomic E-state index is 9.75. The Kier molecular flexibility index (Phi) is 20.0. The van der Waals surface area contributed by atoms with Gasteiger partial charge in [-0.05, 0) is 33.0 Å². The molecular formula is C5H12B3F12KN-3. The standard InChI is InChI=1S/C5H11N.3BF4.K.H/c1-6-4-2-3-5-6;3*2-1(3,4)5;;/h2-5H2,1H3;;;;;/q;3*-1;+1;-1. The molecule has 0 saturated carbocycles. The molecule has 17 heteroatoms. The van der Waals surface area contributed by atoms with Gasteiger partial charge in [0.15, 0.2) is 0 Å². The summed E-state index contributed by atoms with van der Waals surface area (Å²) in [5.74, 6) is 0. The molecule has 22 heavy (non-hydrogen) atoms. The van der Waals surface area contributed by atoms with Gasteiger partial charge in [-0.2, -0.15) is 0 Å². The molecule has 1 heterocycles. The summed E-state index contributed by atoms with van der Waals surface area (Å²) in [5.41, 5.74) is 0. The summed E-state index contributed by atoms with van der Waals surface area (Å²) in [4.78, 5) is 2.36. The second kappa shape index (κ2) is 14.3. The molecule has 0 radical (unpaired) electrons. The van der Waals surface area contributed by atoms with Gasteiger partial charge in [0.05, 0.1) is 0 Å². The summed E-state index contributed by atoms with van der Waals surface area (Å²) in [6.07, 6.45) is 2.83. The third kappa shape index (κ3) is 132. The number of rotatable bonds is 0. The molecule has 0 bridgehead atoms. The van der Waals surface area contributed by atoms with Gasteiger partial charge in [-0.25, -0.2) is 0 Å². The van der Waals surface area contributed by atoms with E-state index in [1.54, 1.807) is 0 Å². The van der Waals surface area contributed by atoms with Gasteiger partial charge in [-0.3, -0.25) is 0 Å². The van der Waals surface area contributed by atoms with Crippen molar-refractivity contribution in [1.29, 1.82) is 0 Å². The first-order valence-corrected chi connectivity index (χ1v) is 5.20. The molecule has 0 aromatic heterocycles. The minimum atomic E-state index is -6.00. The van der Waals surface area contributed by atoms with Gasteiger partial charge in [0, 0.05) is 0 Å². The Morgan fingerprint density at radius 3 is 0.773 bits per heavy atom. The van der Waals surface area contributed by atoms with E-state index in [1.165, 1.54) is 25.9 Å². The number of halogens is 12. The predicted molar refractivity (Wildman–Crippen MR) is 58.4 cm³/mol. The van der Waals surface area contributed by atoms with Crippen molar-refractivity contribution in [2.45, 2.75) is 12.8 Å². The summed E-state index contributed by atoms with van der Waals surface area (Å²) in [6.45, 7) is 2.64. The first-order chi connectivity index (χ1) is 8.89. The summed E-state index contributed by atoms with van der Waals surface area (Å²) in [5, 5.41) is 0. The van der Waals surface area contributed by atoms with Gasteiger partial charge in [0.2, 0.25) is 0 Å². The third-order valence-electron chi connectivity index (χ3n) is 1.33. The first kappa shape index (κ1) is 30.8. The molecule has 1 aliphatic heterocycles. The normalized spacial score (nSPS) is 15.1. The molecule has 1 fully saturated rings. The zero-order valence-electron chi connectivity index (χ0n) is 12.5. The van der Waals surface area contributed by atoms with E-state index in [2.05, 4.69) is 11.9 Å². The minimum Gasteiger partial charge on any atom is -1.00 e. The fraction of sp³-hybridized carbons (Fsp3) is 1.00. The number of nitrogens with zero attached hydrogens (tertiary/aromatic N) is 1. The quantitative estimate of drug-likeness (QED) is 0.453. The van der Waals surface area contributed by atoms with E-state index in [0.717, 1.165) is 0 Å². The largest absolute Gasteiger partial charge is 1.00 e. The molecule has 0 aliphatic carbocycles. The Bertz CT molecular complexity index is 196. The Labute approximate surface area is 163 Å². The second-order valence-corrected chi connectivity index (χ2v) is 3.49. The summed E-state index contributed by atoms with van der Waals surface area (Å²) in [6, 6.07) is 0. The van der Waals surface area contributed by atoms with Gasteiger partial charge in [0.1, 0.15) is 0 Å². The summed E-state index contributed by atoms with van der Waals surface area (Å²) >= 11 is 0. The molecular weight excluding hydrogens is 374 g/mol. The van der Waals surface area contributed by atoms with Crippen molar-refractivity contribution < 1.29 is 105 Å². The molecule has 0 aromatic carbocycles. The molecule has 0 aromatic rings. The Hall–Kier alpha value is 0.951. The SMILES string of the molecule is CN1CCCC1.F[B-](F)(F)F.F[B-](F)(F)F.F[B-](F)(F)F.[H-].[K+]. The summed E-state index contributed by atoms with van der Waals surface area (Å²) in [7, 11) is -15.8. The van der Waals surface area contributed by atoms with Crippen LogP contribution in [0.3, 0.4) is 0 Å². The topological polar surface area (TPSA) is 3.24 Å². The van der Waals surface area contributed by atoms with Crippen LogP contribution in [0.4, 0.5) is 51.8 Å². The number of hydrogen-bond acceptors (Lipinski definition) is 1. The Balaban J connectivity index is -0.0000000612. The smallest absolute Gasteiger partial charge is 1.00 e. The average Bonchev–Trinajstić information content (AvgIpc) is 2.44. The van der Waals surface area contributed by atoms with Crippen LogP contribution in [0.5, 0.6) is 0 Å². The second-order valence-electron chi connectivity index (χ2n) is 3.49. The molecule has 0 unspecified atom stereocenters. The fourth-order valence-electron chi connectivity index (χ4n) is 0.875. The van der Waals surface area contributed by atoms with E-state index >= 15 is 0 Å². The zero-order valence-corrected chi connectivity index (χ0v) is 14.7. The number of hydrogen-bond donors (Lipinski definition) is 0. The van der Waals surface area contributed by atoms with Gasteiger partial charge in [-0.1, -0.05) is 0 Å². The van der Waals surface area contributed by atoms with Crippen molar-refractivity contribution in [3.63, 3.8) is 0 Å². The average molecular weight is 386 g/mol. The minimum absolute atomic E-state index is 0. The van der Waals surface area contributed by atoms with Crippen LogP contribution in [0.15, 0.2) is 0 Å². The van der Waals surface area contributed by atoms with Crippen molar-refractivity contribution in [1.82, 2.24) is 4.90 Å². The van der Waals surface area contributed by atoms with Gasteiger partial charge in [-0.15, -0.1) is 0 Å². The van der Waals surface area contributed by atoms with E-state index in [9.17, 15) is 51.8 Å². The van der Waals surface area contributed by atoms with E-state index < -0.39 is 21.8 Å². The molecule has 0 N–H and O–H groups in total. The van der Waals surface area contributed by atoms with E-state index in [-0.39, 0.29) is 52.8 Å². The van der Waals surface area contributed by atoms with Crippen LogP contribution < -0.4 is 51.4 Å². The molecule has 134 valence electrons. The van der Waals surface area contributed by atoms with Crippen LogP contribution in [0.25, 0.3) is 0 Å². The number of likely N-dealkylation sites (tertiary alicyclic amines) is 1. The molecule has 0 amide bonds. The molecule has 0 spiro atoms. The predicted octanol–water partition coefficient (Wildman–Crippen LogP) is 1.73. The van der Waals surface area contributed by atoms with Crippen molar-refractivity contribution in [3.8, 4) is 0 Å². The molecule has 1 saturated heterocycles. The molecule has 1 aliphatic rings. The van der Waals surface area contributed by atoms with E-state index in [4.69, 9.17) is 0 Å². The molecule has 1 rings (SSSR count). The first-order valence-electron chi connectivity index (χ1n) is 5.20. The van der Waals surface area contributed by atoms with Crippen molar-refractivity contribution >= 4 is 21.8 Å². The zero-order chi connectivity index (χ0) is 17.9. The Morgan fingerprint density at radius 1 is 0.591 bits per heavy atom. The van der Waals surface area contributed by atoms with Gasteiger partial charge < -0.3 is 58.1 Å². The fourth-order valence-corrected chi connectivity index (χ4v) is 0.875. The van der Waals surface area contributed by atoms with Crippen LogP contribution in [0.1, 0.15) is 14.3 Å². The van der Waals surface area contributed by atoms with Crippen LogP contribution in [-0.2, 0) is 0 Å². The third-order valence-corrected chi connectivity index (χ3v) is 1.33. The summed E-state index contributed by atoms with van der Waals surface area (Å²) < 4.78 is 117. The van der Waals surface area contributed by atoms with Crippen molar-refractivity contribution in [3.05, 3.63) is 0 Å². The monoisotopic (exact) mass is 386 g/mol. The van der Waals surface area contributed by atoms with Crippen molar-refractivity contribution in [2.24, 2.45) is 0 Å². The maximum Gasteiger partial charge on any atom is 1.00 e. The Morgan fingerprint density at radius 2 is 0.727 bits per heavy atom.